The number of carbonyl (C=O) groups is 2. The Bertz CT molecular complexity index is 505. The molecule has 0 radical (unpaired) electrons. The fourth-order valence-corrected chi connectivity index (χ4v) is 1.26. The monoisotopic (exact) mass is 408 g/mol. The van der Waals surface area contributed by atoms with Gasteiger partial charge in [0.1, 0.15) is 51.3 Å². The van der Waals surface area contributed by atoms with E-state index in [-0.39, 0.29) is 44.2 Å². The van der Waals surface area contributed by atoms with E-state index in [1.165, 1.54) is 13.8 Å². The number of hydrogen-bond acceptors (Lipinski definition) is 11. The molecule has 11 heteroatoms. The van der Waals surface area contributed by atoms with Crippen LogP contribution in [0.4, 0.5) is 0 Å². The Kier molecular flexibility index (Phi) is 14.1. The lowest BCUT2D eigenvalue weighted by atomic mass is 10.3. The van der Waals surface area contributed by atoms with Crippen molar-refractivity contribution in [3.63, 3.8) is 0 Å². The van der Waals surface area contributed by atoms with Crippen LogP contribution in [0.25, 0.3) is 0 Å². The number of rotatable bonds is 16. The van der Waals surface area contributed by atoms with Crippen LogP contribution in [-0.4, -0.2) is 85.2 Å². The van der Waals surface area contributed by atoms with E-state index < -0.39 is 36.9 Å². The summed E-state index contributed by atoms with van der Waals surface area (Å²) in [5.74, 6) is -1.28. The molecular weight excluding hydrogens is 380 g/mol. The SMILES string of the molecule is C=C(C)C(=O)OCC(O)COOCC(CO)OOCC(O)COC(=O)C(=C)C. The van der Waals surface area contributed by atoms with E-state index in [0.29, 0.717) is 0 Å². The summed E-state index contributed by atoms with van der Waals surface area (Å²) in [6.45, 7) is 7.76. The predicted molar refractivity (Wildman–Crippen MR) is 93.4 cm³/mol. The molecule has 0 aromatic heterocycles. The lowest BCUT2D eigenvalue weighted by Crippen LogP contribution is -2.29. The van der Waals surface area contributed by atoms with E-state index in [1.807, 2.05) is 0 Å². The predicted octanol–water partition coefficient (Wildman–Crippen LogP) is -0.796. The molecule has 0 aromatic rings. The van der Waals surface area contributed by atoms with Gasteiger partial charge in [-0.3, -0.25) is 0 Å². The van der Waals surface area contributed by atoms with Gasteiger partial charge < -0.3 is 24.8 Å². The van der Waals surface area contributed by atoms with Crippen LogP contribution >= 0.6 is 0 Å². The summed E-state index contributed by atoms with van der Waals surface area (Å²) < 4.78 is 9.44. The Balaban J connectivity index is 3.83. The van der Waals surface area contributed by atoms with Crippen LogP contribution < -0.4 is 0 Å². The standard InChI is InChI=1S/C17H28O11/c1-11(2)16(21)23-6-13(19)8-25-26-10-15(5-18)28-27-9-14(20)7-24-17(22)12(3)4/h13-15,18-20H,1,3,5-10H2,2,4H3. The second kappa shape index (κ2) is 15.1. The van der Waals surface area contributed by atoms with E-state index in [2.05, 4.69) is 13.2 Å². The van der Waals surface area contributed by atoms with Gasteiger partial charge in [-0.2, -0.15) is 0 Å². The Morgan fingerprint density at radius 2 is 1.21 bits per heavy atom. The zero-order valence-corrected chi connectivity index (χ0v) is 16.0. The van der Waals surface area contributed by atoms with Crippen molar-refractivity contribution in [1.82, 2.24) is 0 Å². The van der Waals surface area contributed by atoms with Gasteiger partial charge in [-0.1, -0.05) is 13.2 Å². The molecule has 0 spiro atoms. The lowest BCUT2D eigenvalue weighted by Gasteiger charge is -2.16. The second-order valence-electron chi connectivity index (χ2n) is 5.82. The third kappa shape index (κ3) is 13.3. The number of ether oxygens (including phenoxy) is 2. The Morgan fingerprint density at radius 3 is 1.64 bits per heavy atom. The van der Waals surface area contributed by atoms with Gasteiger partial charge in [0.25, 0.3) is 0 Å². The molecule has 0 bridgehead atoms. The number of hydrogen-bond donors (Lipinski definition) is 3. The maximum absolute atomic E-state index is 11.2. The first-order valence-electron chi connectivity index (χ1n) is 8.32. The van der Waals surface area contributed by atoms with Crippen LogP contribution in [0.3, 0.4) is 0 Å². The minimum Gasteiger partial charge on any atom is -0.460 e. The van der Waals surface area contributed by atoms with E-state index >= 15 is 0 Å². The van der Waals surface area contributed by atoms with E-state index in [4.69, 9.17) is 34.1 Å². The normalized spacial score (nSPS) is 14.0. The molecule has 0 rings (SSSR count). The van der Waals surface area contributed by atoms with Gasteiger partial charge in [0.15, 0.2) is 0 Å². The van der Waals surface area contributed by atoms with Crippen LogP contribution in [0.1, 0.15) is 13.8 Å². The third-order valence-electron chi connectivity index (χ3n) is 2.78. The largest absolute Gasteiger partial charge is 0.460 e. The molecule has 0 heterocycles. The summed E-state index contributed by atoms with van der Waals surface area (Å²) in [5.41, 5.74) is 0.396. The van der Waals surface area contributed by atoms with Gasteiger partial charge in [-0.25, -0.2) is 29.1 Å². The maximum atomic E-state index is 11.2. The molecule has 0 aliphatic carbocycles. The van der Waals surface area contributed by atoms with Gasteiger partial charge in [-0.05, 0) is 13.8 Å². The second-order valence-corrected chi connectivity index (χ2v) is 5.82. The van der Waals surface area contributed by atoms with Crippen LogP contribution in [0.15, 0.2) is 24.3 Å². The molecule has 0 aliphatic heterocycles. The molecule has 0 aliphatic rings. The van der Waals surface area contributed by atoms with Gasteiger partial charge in [0.05, 0.1) is 6.61 Å². The van der Waals surface area contributed by atoms with Crippen LogP contribution in [0.5, 0.6) is 0 Å². The molecule has 0 saturated heterocycles. The van der Waals surface area contributed by atoms with E-state index in [0.717, 1.165) is 0 Å². The van der Waals surface area contributed by atoms with Crippen molar-refractivity contribution in [3.8, 4) is 0 Å². The van der Waals surface area contributed by atoms with Gasteiger partial charge >= 0.3 is 11.9 Å². The van der Waals surface area contributed by atoms with Crippen molar-refractivity contribution in [2.24, 2.45) is 0 Å². The van der Waals surface area contributed by atoms with Gasteiger partial charge in [0, 0.05) is 11.1 Å². The lowest BCUT2D eigenvalue weighted by molar-refractivity contribution is -0.377. The van der Waals surface area contributed by atoms with Crippen molar-refractivity contribution < 1.29 is 53.9 Å². The van der Waals surface area contributed by atoms with Crippen molar-refractivity contribution >= 4 is 11.9 Å². The maximum Gasteiger partial charge on any atom is 0.333 e. The molecule has 0 fully saturated rings. The quantitative estimate of drug-likeness (QED) is 0.0968. The molecule has 0 saturated carbocycles. The summed E-state index contributed by atoms with van der Waals surface area (Å²) in [7, 11) is 0. The molecule has 0 amide bonds. The van der Waals surface area contributed by atoms with E-state index in [1.54, 1.807) is 0 Å². The average Bonchev–Trinajstić information content (AvgIpc) is 2.65. The average molecular weight is 408 g/mol. The van der Waals surface area contributed by atoms with Crippen LogP contribution in [0, 0.1) is 0 Å². The van der Waals surface area contributed by atoms with Crippen molar-refractivity contribution in [1.29, 1.82) is 0 Å². The highest BCUT2D eigenvalue weighted by molar-refractivity contribution is 5.87. The fourth-order valence-electron chi connectivity index (χ4n) is 1.26. The minimum absolute atomic E-state index is 0.195. The highest BCUT2D eigenvalue weighted by Crippen LogP contribution is 2.00. The molecule has 162 valence electrons. The number of aliphatic hydroxyl groups excluding tert-OH is 3. The summed E-state index contributed by atoms with van der Waals surface area (Å²) >= 11 is 0. The van der Waals surface area contributed by atoms with Crippen LogP contribution in [0.2, 0.25) is 0 Å². The molecule has 3 atom stereocenters. The third-order valence-corrected chi connectivity index (χ3v) is 2.78. The first-order chi connectivity index (χ1) is 13.2. The smallest absolute Gasteiger partial charge is 0.333 e. The molecule has 11 nitrogen and oxygen atoms in total. The zero-order valence-electron chi connectivity index (χ0n) is 16.0. The van der Waals surface area contributed by atoms with Crippen molar-refractivity contribution in [2.45, 2.75) is 32.2 Å². The minimum atomic E-state index is -1.14. The molecular formula is C17H28O11. The Hall–Kier alpha value is -1.86. The number of carbonyl (C=O) groups excluding carboxylic acids is 2. The summed E-state index contributed by atoms with van der Waals surface area (Å²) in [6, 6.07) is 0. The molecule has 0 aromatic carbocycles. The molecule has 3 unspecified atom stereocenters. The summed E-state index contributed by atoms with van der Waals surface area (Å²) in [5, 5.41) is 28.2. The highest BCUT2D eigenvalue weighted by atomic mass is 17.2. The Labute approximate surface area is 162 Å². The highest BCUT2D eigenvalue weighted by Gasteiger charge is 2.15. The Morgan fingerprint density at radius 1 is 0.786 bits per heavy atom. The first-order valence-corrected chi connectivity index (χ1v) is 8.32. The van der Waals surface area contributed by atoms with Crippen molar-refractivity contribution in [2.75, 3.05) is 39.6 Å². The molecule has 28 heavy (non-hydrogen) atoms. The summed E-state index contributed by atoms with van der Waals surface area (Å²) in [4.78, 5) is 41.3. The summed E-state index contributed by atoms with van der Waals surface area (Å²) in [6.07, 6.45) is -3.20. The zero-order chi connectivity index (χ0) is 21.5. The van der Waals surface area contributed by atoms with E-state index in [9.17, 15) is 19.8 Å². The van der Waals surface area contributed by atoms with Gasteiger partial charge in [-0.15, -0.1) is 0 Å². The van der Waals surface area contributed by atoms with Crippen LogP contribution in [-0.2, 0) is 38.6 Å². The number of aliphatic hydroxyl groups is 3. The first kappa shape index (κ1) is 26.1. The van der Waals surface area contributed by atoms with Gasteiger partial charge in [0.2, 0.25) is 0 Å². The van der Waals surface area contributed by atoms with Crippen molar-refractivity contribution in [3.05, 3.63) is 24.3 Å². The molecule has 3 N–H and O–H groups in total. The fraction of sp³-hybridized carbons (Fsp3) is 0.647. The topological polar surface area (TPSA) is 150 Å². The number of esters is 2.